The van der Waals surface area contributed by atoms with E-state index in [1.807, 2.05) is 5.38 Å². The molecule has 0 atom stereocenters. The minimum Gasteiger partial charge on any atom is -0.481 e. The molecule has 1 heterocycles. The number of nitrogens with zero attached hydrogens (tertiary/aromatic N) is 1. The third-order valence-corrected chi connectivity index (χ3v) is 3.65. The lowest BCUT2D eigenvalue weighted by Gasteiger charge is -2.22. The monoisotopic (exact) mass is 211 g/mol. The summed E-state index contributed by atoms with van der Waals surface area (Å²) in [6.07, 6.45) is 4.29. The van der Waals surface area contributed by atoms with Gasteiger partial charge in [-0.1, -0.05) is 12.8 Å². The van der Waals surface area contributed by atoms with Crippen LogP contribution in [0.2, 0.25) is 0 Å². The van der Waals surface area contributed by atoms with E-state index in [9.17, 15) is 9.90 Å². The molecule has 1 N–H and O–H groups in total. The van der Waals surface area contributed by atoms with Crippen molar-refractivity contribution < 1.29 is 9.90 Å². The zero-order chi connectivity index (χ0) is 10.0. The Morgan fingerprint density at radius 1 is 1.57 bits per heavy atom. The van der Waals surface area contributed by atoms with E-state index in [1.54, 1.807) is 5.51 Å². The lowest BCUT2D eigenvalue weighted by atomic mass is 9.82. The van der Waals surface area contributed by atoms with Crippen molar-refractivity contribution in [2.75, 3.05) is 0 Å². The number of thiazole rings is 1. The molecule has 0 aliphatic heterocycles. The summed E-state index contributed by atoms with van der Waals surface area (Å²) in [7, 11) is 0. The summed E-state index contributed by atoms with van der Waals surface area (Å²) in [5.74, 6) is -0.650. The smallest absolute Gasteiger partial charge is 0.310 e. The molecule has 1 saturated carbocycles. The molecule has 76 valence electrons. The predicted molar refractivity (Wildman–Crippen MR) is 54.4 cm³/mol. The zero-order valence-electron chi connectivity index (χ0n) is 7.90. The first-order valence-corrected chi connectivity index (χ1v) is 5.78. The molecule has 0 spiro atoms. The molecule has 14 heavy (non-hydrogen) atoms. The molecule has 1 fully saturated rings. The average Bonchev–Trinajstić information content (AvgIpc) is 2.76. The molecule has 1 aromatic heterocycles. The summed E-state index contributed by atoms with van der Waals surface area (Å²) in [6, 6.07) is 0. The average molecular weight is 211 g/mol. The number of carbonyl (C=O) groups is 1. The zero-order valence-corrected chi connectivity index (χ0v) is 8.72. The molecule has 3 nitrogen and oxygen atoms in total. The molecule has 2 rings (SSSR count). The Morgan fingerprint density at radius 2 is 2.29 bits per heavy atom. The van der Waals surface area contributed by atoms with E-state index < -0.39 is 11.4 Å². The summed E-state index contributed by atoms with van der Waals surface area (Å²) < 4.78 is 0. The van der Waals surface area contributed by atoms with Gasteiger partial charge in [0.1, 0.15) is 0 Å². The molecule has 0 bridgehead atoms. The highest BCUT2D eigenvalue weighted by molar-refractivity contribution is 7.07. The van der Waals surface area contributed by atoms with Gasteiger partial charge < -0.3 is 5.11 Å². The minimum atomic E-state index is -0.650. The van der Waals surface area contributed by atoms with Crippen LogP contribution in [0.3, 0.4) is 0 Å². The van der Waals surface area contributed by atoms with Crippen LogP contribution in [0.4, 0.5) is 0 Å². The summed E-state index contributed by atoms with van der Waals surface area (Å²) in [6.45, 7) is 0. The predicted octanol–water partition coefficient (Wildman–Crippen LogP) is 2.33. The maximum atomic E-state index is 11.2. The van der Waals surface area contributed by atoms with Gasteiger partial charge in [0.05, 0.1) is 16.6 Å². The molecule has 0 radical (unpaired) electrons. The highest BCUT2D eigenvalue weighted by Gasteiger charge is 2.41. The van der Waals surface area contributed by atoms with Crippen LogP contribution in [0.15, 0.2) is 10.9 Å². The highest BCUT2D eigenvalue weighted by Crippen LogP contribution is 2.41. The Hall–Kier alpha value is -0.900. The molecule has 0 saturated heterocycles. The van der Waals surface area contributed by atoms with Gasteiger partial charge in [0.15, 0.2) is 0 Å². The number of hydrogen-bond acceptors (Lipinski definition) is 3. The van der Waals surface area contributed by atoms with Crippen molar-refractivity contribution in [1.82, 2.24) is 4.98 Å². The second-order valence-corrected chi connectivity index (χ2v) is 4.67. The van der Waals surface area contributed by atoms with Crippen LogP contribution in [0, 0.1) is 5.41 Å². The van der Waals surface area contributed by atoms with Crippen molar-refractivity contribution in [3.8, 4) is 0 Å². The van der Waals surface area contributed by atoms with Crippen LogP contribution in [0.5, 0.6) is 0 Å². The number of rotatable bonds is 3. The molecule has 4 heteroatoms. The number of aliphatic carboxylic acids is 1. The van der Waals surface area contributed by atoms with Crippen molar-refractivity contribution in [3.05, 3.63) is 16.6 Å². The van der Waals surface area contributed by atoms with E-state index in [1.165, 1.54) is 11.3 Å². The lowest BCUT2D eigenvalue weighted by molar-refractivity contribution is -0.148. The Morgan fingerprint density at radius 3 is 2.79 bits per heavy atom. The second kappa shape index (κ2) is 3.69. The highest BCUT2D eigenvalue weighted by atomic mass is 32.1. The molecule has 1 aliphatic carbocycles. The molecule has 1 aliphatic rings. The fourth-order valence-corrected chi connectivity index (χ4v) is 2.75. The topological polar surface area (TPSA) is 50.2 Å². The van der Waals surface area contributed by atoms with E-state index in [0.29, 0.717) is 6.42 Å². The summed E-state index contributed by atoms with van der Waals surface area (Å²) in [5, 5.41) is 11.2. The molecule has 1 aromatic rings. The van der Waals surface area contributed by atoms with Crippen molar-refractivity contribution in [3.63, 3.8) is 0 Å². The first kappa shape index (κ1) is 9.65. The Labute approximate surface area is 86.8 Å². The van der Waals surface area contributed by atoms with Gasteiger partial charge in [-0.3, -0.25) is 4.79 Å². The SMILES string of the molecule is O=C(O)C1(Cc2cscn2)CCCC1. The normalized spacial score (nSPS) is 19.7. The summed E-state index contributed by atoms with van der Waals surface area (Å²) in [5.41, 5.74) is 2.17. The van der Waals surface area contributed by atoms with Crippen LogP contribution in [0.1, 0.15) is 31.4 Å². The number of hydrogen-bond donors (Lipinski definition) is 1. The van der Waals surface area contributed by atoms with Crippen LogP contribution in [-0.2, 0) is 11.2 Å². The van der Waals surface area contributed by atoms with Gasteiger partial charge >= 0.3 is 5.97 Å². The van der Waals surface area contributed by atoms with Crippen molar-refractivity contribution in [1.29, 1.82) is 0 Å². The van der Waals surface area contributed by atoms with E-state index in [-0.39, 0.29) is 0 Å². The maximum absolute atomic E-state index is 11.2. The molecular formula is C10H13NO2S. The fourth-order valence-electron chi connectivity index (χ4n) is 2.19. The Balaban J connectivity index is 2.16. The van der Waals surface area contributed by atoms with Gasteiger partial charge in [0.25, 0.3) is 0 Å². The van der Waals surface area contributed by atoms with E-state index in [2.05, 4.69) is 4.98 Å². The van der Waals surface area contributed by atoms with Gasteiger partial charge in [-0.15, -0.1) is 11.3 Å². The van der Waals surface area contributed by atoms with Crippen LogP contribution in [0.25, 0.3) is 0 Å². The largest absolute Gasteiger partial charge is 0.481 e. The minimum absolute atomic E-state index is 0.520. The van der Waals surface area contributed by atoms with Gasteiger partial charge in [0, 0.05) is 11.8 Å². The number of carboxylic acid groups (broad SMARTS) is 1. The lowest BCUT2D eigenvalue weighted by Crippen LogP contribution is -2.30. The first-order valence-electron chi connectivity index (χ1n) is 4.83. The van der Waals surface area contributed by atoms with E-state index in [4.69, 9.17) is 0 Å². The summed E-state index contributed by atoms with van der Waals surface area (Å²) >= 11 is 1.53. The van der Waals surface area contributed by atoms with Gasteiger partial charge in [-0.05, 0) is 12.8 Å². The quantitative estimate of drug-likeness (QED) is 0.834. The van der Waals surface area contributed by atoms with E-state index in [0.717, 1.165) is 31.4 Å². The third kappa shape index (κ3) is 1.66. The summed E-state index contributed by atoms with van der Waals surface area (Å²) in [4.78, 5) is 15.4. The van der Waals surface area contributed by atoms with Crippen molar-refractivity contribution >= 4 is 17.3 Å². The fraction of sp³-hybridized carbons (Fsp3) is 0.600. The molecule has 0 amide bonds. The standard InChI is InChI=1S/C10H13NO2S/c12-9(13)10(3-1-2-4-10)5-8-6-14-7-11-8/h6-7H,1-5H2,(H,12,13). The van der Waals surface area contributed by atoms with Crippen LogP contribution < -0.4 is 0 Å². The third-order valence-electron chi connectivity index (χ3n) is 3.02. The number of aromatic nitrogens is 1. The molecule has 0 aromatic carbocycles. The van der Waals surface area contributed by atoms with Crippen LogP contribution in [-0.4, -0.2) is 16.1 Å². The second-order valence-electron chi connectivity index (χ2n) is 3.95. The van der Waals surface area contributed by atoms with Crippen molar-refractivity contribution in [2.45, 2.75) is 32.1 Å². The van der Waals surface area contributed by atoms with Crippen molar-refractivity contribution in [2.24, 2.45) is 5.41 Å². The molecule has 0 unspecified atom stereocenters. The van der Waals surface area contributed by atoms with E-state index >= 15 is 0 Å². The Bertz CT molecular complexity index is 315. The first-order chi connectivity index (χ1) is 6.73. The van der Waals surface area contributed by atoms with Crippen LogP contribution >= 0.6 is 11.3 Å². The number of carboxylic acids is 1. The van der Waals surface area contributed by atoms with Gasteiger partial charge in [0.2, 0.25) is 0 Å². The van der Waals surface area contributed by atoms with Gasteiger partial charge in [-0.25, -0.2) is 4.98 Å². The maximum Gasteiger partial charge on any atom is 0.310 e. The Kier molecular flexibility index (Phi) is 2.54. The van der Waals surface area contributed by atoms with Gasteiger partial charge in [-0.2, -0.15) is 0 Å². The molecular weight excluding hydrogens is 198 g/mol.